The Balaban J connectivity index is 3.01. The van der Waals surface area contributed by atoms with Crippen LogP contribution in [0.25, 0.3) is 0 Å². The van der Waals surface area contributed by atoms with Crippen molar-refractivity contribution in [2.75, 3.05) is 18.5 Å². The van der Waals surface area contributed by atoms with Gasteiger partial charge in [-0.1, -0.05) is 0 Å². The van der Waals surface area contributed by atoms with Gasteiger partial charge in [0.05, 0.1) is 11.5 Å². The fraction of sp³-hybridized carbons (Fsp3) is 0.400. The Labute approximate surface area is 110 Å². The van der Waals surface area contributed by atoms with Crippen LogP contribution in [0.4, 0.5) is 24.5 Å². The van der Waals surface area contributed by atoms with Crippen LogP contribution in [0.1, 0.15) is 12.6 Å². The fourth-order valence-corrected chi connectivity index (χ4v) is 1.27. The summed E-state index contributed by atoms with van der Waals surface area (Å²) in [6.45, 7) is 1.15. The van der Waals surface area contributed by atoms with Gasteiger partial charge in [-0.3, -0.25) is 14.9 Å². The number of anilines is 1. The van der Waals surface area contributed by atoms with E-state index in [-0.39, 0.29) is 6.61 Å². The molecule has 0 bridgehead atoms. The number of carbonyl (C=O) groups is 1. The van der Waals surface area contributed by atoms with E-state index in [0.717, 1.165) is 0 Å². The van der Waals surface area contributed by atoms with Crippen molar-refractivity contribution in [2.24, 2.45) is 0 Å². The number of nitro groups is 1. The van der Waals surface area contributed by atoms with Crippen molar-refractivity contribution in [1.82, 2.24) is 4.98 Å². The number of carbonyl (C=O) groups excluding carboxylic acids is 1. The molecule has 0 amide bonds. The molecule has 1 N–H and O–H groups in total. The highest BCUT2D eigenvalue weighted by atomic mass is 19.4. The SMILES string of the molecule is CCOC(=O)CNc1cc(C(F)(F)F)ncc1[N+](=O)[O-]. The van der Waals surface area contributed by atoms with Crippen LogP contribution < -0.4 is 5.32 Å². The monoisotopic (exact) mass is 293 g/mol. The standard InChI is InChI=1S/C10H10F3N3O4/c1-2-20-9(17)5-14-6-3-8(10(11,12)13)15-4-7(6)16(18)19/h3-4H,2,5H2,1H3,(H,14,15). The van der Waals surface area contributed by atoms with Gasteiger partial charge in [0.25, 0.3) is 0 Å². The second-order valence-corrected chi connectivity index (χ2v) is 3.50. The van der Waals surface area contributed by atoms with E-state index < -0.39 is 40.7 Å². The summed E-state index contributed by atoms with van der Waals surface area (Å²) in [6.07, 6.45) is -4.26. The zero-order chi connectivity index (χ0) is 15.3. The van der Waals surface area contributed by atoms with Crippen LogP contribution in [0.3, 0.4) is 0 Å². The average molecular weight is 293 g/mol. The number of aromatic nitrogens is 1. The second kappa shape index (κ2) is 6.17. The number of pyridine rings is 1. The smallest absolute Gasteiger partial charge is 0.433 e. The maximum Gasteiger partial charge on any atom is 0.433 e. The third-order valence-corrected chi connectivity index (χ3v) is 2.10. The van der Waals surface area contributed by atoms with Gasteiger partial charge in [0.2, 0.25) is 0 Å². The van der Waals surface area contributed by atoms with Gasteiger partial charge in [-0.15, -0.1) is 0 Å². The number of alkyl halides is 3. The summed E-state index contributed by atoms with van der Waals surface area (Å²) in [5.74, 6) is -0.743. The lowest BCUT2D eigenvalue weighted by molar-refractivity contribution is -0.384. The Morgan fingerprint density at radius 2 is 2.20 bits per heavy atom. The van der Waals surface area contributed by atoms with Crippen molar-refractivity contribution in [1.29, 1.82) is 0 Å². The third-order valence-electron chi connectivity index (χ3n) is 2.10. The Morgan fingerprint density at radius 1 is 1.55 bits per heavy atom. The normalized spacial score (nSPS) is 11.0. The minimum atomic E-state index is -4.74. The van der Waals surface area contributed by atoms with Gasteiger partial charge in [0.15, 0.2) is 0 Å². The van der Waals surface area contributed by atoms with E-state index >= 15 is 0 Å². The zero-order valence-corrected chi connectivity index (χ0v) is 10.2. The molecule has 1 rings (SSSR count). The molecule has 1 aromatic heterocycles. The molecule has 7 nitrogen and oxygen atoms in total. The van der Waals surface area contributed by atoms with E-state index in [1.54, 1.807) is 6.92 Å². The molecule has 0 saturated heterocycles. The highest BCUT2D eigenvalue weighted by Gasteiger charge is 2.34. The molecule has 0 saturated carbocycles. The van der Waals surface area contributed by atoms with Crippen molar-refractivity contribution in [3.05, 3.63) is 28.1 Å². The number of hydrogen-bond donors (Lipinski definition) is 1. The Kier molecular flexibility index (Phi) is 4.83. The van der Waals surface area contributed by atoms with E-state index in [4.69, 9.17) is 0 Å². The maximum atomic E-state index is 12.5. The molecule has 0 aromatic carbocycles. The van der Waals surface area contributed by atoms with Gasteiger partial charge < -0.3 is 10.1 Å². The predicted octanol–water partition coefficient (Wildman–Crippen LogP) is 1.98. The lowest BCUT2D eigenvalue weighted by atomic mass is 10.2. The molecule has 0 spiro atoms. The minimum absolute atomic E-state index is 0.0900. The molecule has 1 heterocycles. The van der Waals surface area contributed by atoms with E-state index in [1.165, 1.54) is 0 Å². The van der Waals surface area contributed by atoms with Gasteiger partial charge in [0.1, 0.15) is 24.1 Å². The van der Waals surface area contributed by atoms with Crippen molar-refractivity contribution < 1.29 is 27.6 Å². The van der Waals surface area contributed by atoms with E-state index in [9.17, 15) is 28.1 Å². The van der Waals surface area contributed by atoms with Crippen molar-refractivity contribution in [3.8, 4) is 0 Å². The van der Waals surface area contributed by atoms with Crippen molar-refractivity contribution in [2.45, 2.75) is 13.1 Å². The van der Waals surface area contributed by atoms with E-state index in [2.05, 4.69) is 15.0 Å². The first kappa shape index (κ1) is 15.7. The number of nitrogens with one attached hydrogen (secondary N) is 1. The van der Waals surface area contributed by atoms with Crippen LogP contribution in [0.5, 0.6) is 0 Å². The topological polar surface area (TPSA) is 94.4 Å². The number of ether oxygens (including phenoxy) is 1. The summed E-state index contributed by atoms with van der Waals surface area (Å²) in [5, 5.41) is 12.9. The van der Waals surface area contributed by atoms with Gasteiger partial charge in [-0.25, -0.2) is 4.98 Å². The second-order valence-electron chi connectivity index (χ2n) is 3.50. The lowest BCUT2D eigenvalue weighted by Crippen LogP contribution is -2.18. The summed E-state index contributed by atoms with van der Waals surface area (Å²) >= 11 is 0. The first-order valence-electron chi connectivity index (χ1n) is 5.36. The lowest BCUT2D eigenvalue weighted by Gasteiger charge is -2.10. The molecule has 10 heteroatoms. The van der Waals surface area contributed by atoms with E-state index in [1.807, 2.05) is 0 Å². The molecular formula is C10H10F3N3O4. The summed E-state index contributed by atoms with van der Waals surface area (Å²) in [4.78, 5) is 23.8. The summed E-state index contributed by atoms with van der Waals surface area (Å²) in [5.41, 5.74) is -2.41. The van der Waals surface area contributed by atoms with Crippen molar-refractivity contribution >= 4 is 17.3 Å². The molecule has 0 aliphatic carbocycles. The van der Waals surface area contributed by atoms with Crippen LogP contribution in [0, 0.1) is 10.1 Å². The third kappa shape index (κ3) is 4.07. The number of esters is 1. The first-order valence-corrected chi connectivity index (χ1v) is 5.36. The number of rotatable bonds is 5. The zero-order valence-electron chi connectivity index (χ0n) is 10.2. The molecule has 20 heavy (non-hydrogen) atoms. The number of hydrogen-bond acceptors (Lipinski definition) is 6. The molecule has 0 atom stereocenters. The molecular weight excluding hydrogens is 283 g/mol. The molecule has 110 valence electrons. The van der Waals surface area contributed by atoms with Crippen molar-refractivity contribution in [3.63, 3.8) is 0 Å². The molecule has 0 radical (unpaired) electrons. The quantitative estimate of drug-likeness (QED) is 0.507. The number of nitrogens with zero attached hydrogens (tertiary/aromatic N) is 2. The van der Waals surface area contributed by atoms with Gasteiger partial charge in [-0.2, -0.15) is 13.2 Å². The summed E-state index contributed by atoms with van der Waals surface area (Å²) in [7, 11) is 0. The Bertz CT molecular complexity index is 519. The summed E-state index contributed by atoms with van der Waals surface area (Å²) < 4.78 is 42.0. The molecule has 0 fully saturated rings. The van der Waals surface area contributed by atoms with Crippen LogP contribution in [-0.2, 0) is 15.7 Å². The average Bonchev–Trinajstić information content (AvgIpc) is 2.35. The first-order chi connectivity index (χ1) is 9.25. The molecule has 1 aromatic rings. The molecule has 0 unspecified atom stereocenters. The highest BCUT2D eigenvalue weighted by molar-refractivity contribution is 5.76. The predicted molar refractivity (Wildman–Crippen MR) is 61.0 cm³/mol. The molecule has 0 aliphatic rings. The minimum Gasteiger partial charge on any atom is -0.465 e. The largest absolute Gasteiger partial charge is 0.465 e. The van der Waals surface area contributed by atoms with Crippen LogP contribution in [0.2, 0.25) is 0 Å². The van der Waals surface area contributed by atoms with Gasteiger partial charge >= 0.3 is 17.8 Å². The highest BCUT2D eigenvalue weighted by Crippen LogP contribution is 2.32. The van der Waals surface area contributed by atoms with Crippen LogP contribution in [-0.4, -0.2) is 29.0 Å². The summed E-state index contributed by atoms with van der Waals surface area (Å²) in [6, 6.07) is 0.470. The Hall–Kier alpha value is -2.39. The van der Waals surface area contributed by atoms with Gasteiger partial charge in [0, 0.05) is 0 Å². The Morgan fingerprint density at radius 3 is 2.70 bits per heavy atom. The number of halogens is 3. The fourth-order valence-electron chi connectivity index (χ4n) is 1.27. The maximum absolute atomic E-state index is 12.5. The van der Waals surface area contributed by atoms with E-state index in [0.29, 0.717) is 12.3 Å². The van der Waals surface area contributed by atoms with Gasteiger partial charge in [-0.05, 0) is 13.0 Å². The van der Waals surface area contributed by atoms with Crippen LogP contribution >= 0.6 is 0 Å². The molecule has 0 aliphatic heterocycles. The van der Waals surface area contributed by atoms with Crippen LogP contribution in [0.15, 0.2) is 12.3 Å².